The summed E-state index contributed by atoms with van der Waals surface area (Å²) < 4.78 is 10.6. The maximum absolute atomic E-state index is 13.2. The molecule has 27 heavy (non-hydrogen) atoms. The van der Waals surface area contributed by atoms with E-state index in [0.717, 1.165) is 24.4 Å². The summed E-state index contributed by atoms with van der Waals surface area (Å²) in [6, 6.07) is 13.1. The highest BCUT2D eigenvalue weighted by atomic mass is 16.5. The summed E-state index contributed by atoms with van der Waals surface area (Å²) >= 11 is 0. The zero-order valence-electron chi connectivity index (χ0n) is 15.5. The van der Waals surface area contributed by atoms with Crippen LogP contribution in [0.25, 0.3) is 0 Å². The van der Waals surface area contributed by atoms with Gasteiger partial charge in [0.2, 0.25) is 5.91 Å². The van der Waals surface area contributed by atoms with Crippen molar-refractivity contribution in [3.8, 4) is 11.5 Å². The molecule has 2 atom stereocenters. The maximum atomic E-state index is 13.2. The van der Waals surface area contributed by atoms with Gasteiger partial charge < -0.3 is 14.4 Å². The molecule has 2 aliphatic rings. The molecule has 140 valence electrons. The van der Waals surface area contributed by atoms with E-state index < -0.39 is 0 Å². The molecular weight excluding hydrogens is 344 g/mol. The number of methoxy groups -OCH3 is 2. The fourth-order valence-corrected chi connectivity index (χ4v) is 4.08. The van der Waals surface area contributed by atoms with Crippen LogP contribution in [0.5, 0.6) is 11.5 Å². The smallest absolute Gasteiger partial charge is 0.292 e. The van der Waals surface area contributed by atoms with Crippen LogP contribution in [-0.2, 0) is 22.6 Å². The topological polar surface area (TPSA) is 60.3 Å². The van der Waals surface area contributed by atoms with Gasteiger partial charge in [0.1, 0.15) is 18.0 Å². The Balaban J connectivity index is 1.62. The lowest BCUT2D eigenvalue weighted by atomic mass is 9.98. The Hall–Kier alpha value is -2.86. The molecule has 1 unspecified atom stereocenters. The second-order valence-electron chi connectivity index (χ2n) is 6.97. The number of amides is 2. The molecular formula is C21H23N2O4+. The Morgan fingerprint density at radius 3 is 2.56 bits per heavy atom. The highest BCUT2D eigenvalue weighted by Gasteiger charge is 2.47. The van der Waals surface area contributed by atoms with E-state index in [9.17, 15) is 9.59 Å². The number of fused-ring (bicyclic) bond motifs is 1. The predicted octanol–water partition coefficient (Wildman–Crippen LogP) is 0.977. The van der Waals surface area contributed by atoms with Gasteiger partial charge in [0.05, 0.1) is 32.9 Å². The molecule has 1 fully saturated rings. The van der Waals surface area contributed by atoms with E-state index in [0.29, 0.717) is 17.2 Å². The number of quaternary nitrogens is 1. The molecule has 6 heteroatoms. The molecule has 2 aliphatic heterocycles. The zero-order valence-corrected chi connectivity index (χ0v) is 15.5. The number of imide groups is 1. The van der Waals surface area contributed by atoms with Crippen LogP contribution >= 0.6 is 0 Å². The van der Waals surface area contributed by atoms with Crippen molar-refractivity contribution in [2.75, 3.05) is 25.7 Å². The molecule has 0 saturated carbocycles. The molecule has 1 saturated heterocycles. The van der Waals surface area contributed by atoms with Crippen LogP contribution in [0.15, 0.2) is 42.5 Å². The first-order valence-corrected chi connectivity index (χ1v) is 9.12. The van der Waals surface area contributed by atoms with Crippen LogP contribution in [0.1, 0.15) is 17.5 Å². The number of hydrogen-bond acceptors (Lipinski definition) is 4. The average molecular weight is 367 g/mol. The lowest BCUT2D eigenvalue weighted by Crippen LogP contribution is -3.16. The van der Waals surface area contributed by atoms with Gasteiger partial charge in [-0.05, 0) is 17.7 Å². The minimum absolute atomic E-state index is 0.166. The van der Waals surface area contributed by atoms with Gasteiger partial charge in [-0.1, -0.05) is 24.3 Å². The fraction of sp³-hybridized carbons (Fsp3) is 0.333. The van der Waals surface area contributed by atoms with Crippen molar-refractivity contribution in [2.24, 2.45) is 0 Å². The molecule has 4 rings (SSSR count). The Morgan fingerprint density at radius 2 is 1.81 bits per heavy atom. The van der Waals surface area contributed by atoms with Gasteiger partial charge in [-0.2, -0.15) is 0 Å². The second kappa shape index (κ2) is 7.04. The van der Waals surface area contributed by atoms with Gasteiger partial charge in [-0.15, -0.1) is 0 Å². The number of benzene rings is 2. The number of carbonyl (C=O) groups is 2. The summed E-state index contributed by atoms with van der Waals surface area (Å²) in [4.78, 5) is 28.3. The van der Waals surface area contributed by atoms with Gasteiger partial charge in [0.25, 0.3) is 5.91 Å². The van der Waals surface area contributed by atoms with Gasteiger partial charge >= 0.3 is 0 Å². The Bertz CT molecular complexity index is 896. The van der Waals surface area contributed by atoms with E-state index in [1.165, 1.54) is 23.1 Å². The van der Waals surface area contributed by atoms with Gasteiger partial charge in [0.15, 0.2) is 6.04 Å². The molecule has 2 amide bonds. The Kier molecular flexibility index (Phi) is 4.58. The molecule has 0 bridgehead atoms. The van der Waals surface area contributed by atoms with E-state index in [2.05, 4.69) is 12.1 Å². The van der Waals surface area contributed by atoms with Crippen molar-refractivity contribution >= 4 is 17.5 Å². The summed E-state index contributed by atoms with van der Waals surface area (Å²) in [6.07, 6.45) is 1.14. The molecule has 2 aromatic rings. The minimum atomic E-state index is -0.359. The summed E-state index contributed by atoms with van der Waals surface area (Å²) in [7, 11) is 3.08. The normalized spacial score (nSPS) is 21.9. The monoisotopic (exact) mass is 367 g/mol. The lowest BCUT2D eigenvalue weighted by molar-refractivity contribution is -0.930. The number of ether oxygens (including phenoxy) is 2. The molecule has 1 N–H and O–H groups in total. The van der Waals surface area contributed by atoms with Crippen LogP contribution in [0.2, 0.25) is 0 Å². The first-order chi connectivity index (χ1) is 13.1. The van der Waals surface area contributed by atoms with Crippen LogP contribution in [0.3, 0.4) is 0 Å². The number of anilines is 1. The van der Waals surface area contributed by atoms with Crippen LogP contribution < -0.4 is 19.3 Å². The van der Waals surface area contributed by atoms with Gasteiger partial charge in [-0.3, -0.25) is 9.59 Å². The van der Waals surface area contributed by atoms with Gasteiger partial charge in [-0.25, -0.2) is 4.90 Å². The van der Waals surface area contributed by atoms with Crippen molar-refractivity contribution in [3.63, 3.8) is 0 Å². The van der Waals surface area contributed by atoms with Crippen LogP contribution in [0.4, 0.5) is 5.69 Å². The molecule has 2 heterocycles. The first-order valence-electron chi connectivity index (χ1n) is 9.12. The number of hydrogen-bond donors (Lipinski definition) is 1. The Morgan fingerprint density at radius 1 is 1.04 bits per heavy atom. The van der Waals surface area contributed by atoms with Crippen LogP contribution in [-0.4, -0.2) is 38.6 Å². The van der Waals surface area contributed by atoms with E-state index >= 15 is 0 Å². The minimum Gasteiger partial charge on any atom is -0.497 e. The van der Waals surface area contributed by atoms with Crippen LogP contribution in [0, 0.1) is 0 Å². The number of carbonyl (C=O) groups excluding carboxylic acids is 2. The SMILES string of the molecule is COc1ccc(OC)c(N2C(=O)C[C@H]([NH+]3CCc4ccccc4C3)C2=O)c1. The zero-order chi connectivity index (χ0) is 19.0. The lowest BCUT2D eigenvalue weighted by Gasteiger charge is -2.29. The molecule has 0 aliphatic carbocycles. The number of rotatable bonds is 4. The summed E-state index contributed by atoms with van der Waals surface area (Å²) in [6.45, 7) is 1.62. The summed E-state index contributed by atoms with van der Waals surface area (Å²) in [5, 5.41) is 0. The maximum Gasteiger partial charge on any atom is 0.292 e. The highest BCUT2D eigenvalue weighted by molar-refractivity contribution is 6.22. The summed E-state index contributed by atoms with van der Waals surface area (Å²) in [5.74, 6) is 0.704. The van der Waals surface area contributed by atoms with E-state index in [-0.39, 0.29) is 24.3 Å². The van der Waals surface area contributed by atoms with E-state index in [4.69, 9.17) is 9.47 Å². The third-order valence-electron chi connectivity index (χ3n) is 5.52. The van der Waals surface area contributed by atoms with Crippen molar-refractivity contribution in [1.82, 2.24) is 0 Å². The number of nitrogens with zero attached hydrogens (tertiary/aromatic N) is 1. The molecule has 0 spiro atoms. The van der Waals surface area contributed by atoms with Crippen molar-refractivity contribution in [2.45, 2.75) is 25.4 Å². The standard InChI is InChI=1S/C21H22N2O4/c1-26-16-7-8-19(27-2)17(11-16)23-20(24)12-18(21(23)25)22-10-9-14-5-3-4-6-15(14)13-22/h3-8,11,18H,9-10,12-13H2,1-2H3/p+1/t18-/m0/s1. The highest BCUT2D eigenvalue weighted by Crippen LogP contribution is 2.35. The van der Waals surface area contributed by atoms with E-state index in [1.54, 1.807) is 25.3 Å². The van der Waals surface area contributed by atoms with Crippen molar-refractivity contribution < 1.29 is 24.0 Å². The molecule has 6 nitrogen and oxygen atoms in total. The third-order valence-corrected chi connectivity index (χ3v) is 5.52. The largest absolute Gasteiger partial charge is 0.497 e. The van der Waals surface area contributed by atoms with E-state index in [1.807, 2.05) is 12.1 Å². The van der Waals surface area contributed by atoms with Crippen molar-refractivity contribution in [1.29, 1.82) is 0 Å². The third kappa shape index (κ3) is 3.06. The van der Waals surface area contributed by atoms with Crippen molar-refractivity contribution in [3.05, 3.63) is 53.6 Å². The second-order valence-corrected chi connectivity index (χ2v) is 6.97. The molecule has 2 aromatic carbocycles. The summed E-state index contributed by atoms with van der Waals surface area (Å²) in [5.41, 5.74) is 3.05. The Labute approximate surface area is 158 Å². The first kappa shape index (κ1) is 17.5. The molecule has 0 aromatic heterocycles. The number of nitrogens with one attached hydrogen (secondary N) is 1. The predicted molar refractivity (Wildman–Crippen MR) is 100 cm³/mol. The molecule has 0 radical (unpaired) electrons. The quantitative estimate of drug-likeness (QED) is 0.819. The average Bonchev–Trinajstić information content (AvgIpc) is 3.01. The fourth-order valence-electron chi connectivity index (χ4n) is 4.08. The van der Waals surface area contributed by atoms with Gasteiger partial charge in [0, 0.05) is 18.1 Å².